The van der Waals surface area contributed by atoms with Crippen molar-refractivity contribution in [2.45, 2.75) is 0 Å². The SMILES string of the molecule is O=C1NC(=S)N(c2ccc(Br)cc2)C(=O)[C@H]1C=Nc1cccc(Br)c1. The van der Waals surface area contributed by atoms with Crippen LogP contribution in [0, 0.1) is 5.92 Å². The molecule has 0 bridgehead atoms. The van der Waals surface area contributed by atoms with Crippen molar-refractivity contribution in [1.29, 1.82) is 0 Å². The van der Waals surface area contributed by atoms with Crippen LogP contribution in [-0.4, -0.2) is 23.1 Å². The lowest BCUT2D eigenvalue weighted by Crippen LogP contribution is -2.58. The van der Waals surface area contributed by atoms with E-state index >= 15 is 0 Å². The zero-order chi connectivity index (χ0) is 18.0. The van der Waals surface area contributed by atoms with Crippen LogP contribution in [0.3, 0.4) is 0 Å². The highest BCUT2D eigenvalue weighted by atomic mass is 79.9. The number of benzene rings is 2. The average Bonchev–Trinajstić information content (AvgIpc) is 2.56. The van der Waals surface area contributed by atoms with Gasteiger partial charge < -0.3 is 5.32 Å². The first-order valence-corrected chi connectivity index (χ1v) is 9.19. The number of anilines is 1. The molecule has 0 spiro atoms. The molecule has 3 rings (SSSR count). The Morgan fingerprint density at radius 3 is 2.48 bits per heavy atom. The first kappa shape index (κ1) is 17.9. The smallest absolute Gasteiger partial charge is 0.251 e. The highest BCUT2D eigenvalue weighted by Crippen LogP contribution is 2.23. The second-order valence-corrected chi connectivity index (χ2v) is 7.40. The van der Waals surface area contributed by atoms with Gasteiger partial charge in [-0.05, 0) is 54.7 Å². The van der Waals surface area contributed by atoms with Gasteiger partial charge in [0.25, 0.3) is 5.91 Å². The molecule has 1 heterocycles. The molecule has 2 amide bonds. The van der Waals surface area contributed by atoms with Crippen LogP contribution in [0.4, 0.5) is 11.4 Å². The molecule has 0 saturated carbocycles. The Hall–Kier alpha value is -1.90. The lowest BCUT2D eigenvalue weighted by atomic mass is 10.1. The van der Waals surface area contributed by atoms with Crippen molar-refractivity contribution in [1.82, 2.24) is 5.32 Å². The summed E-state index contributed by atoms with van der Waals surface area (Å²) in [6, 6.07) is 14.3. The van der Waals surface area contributed by atoms with Gasteiger partial charge in [0.2, 0.25) is 5.91 Å². The van der Waals surface area contributed by atoms with E-state index in [-0.39, 0.29) is 5.11 Å². The number of carbonyl (C=O) groups excluding carboxylic acids is 2. The normalized spacial score (nSPS) is 17.9. The van der Waals surface area contributed by atoms with Crippen molar-refractivity contribution in [3.8, 4) is 0 Å². The summed E-state index contributed by atoms with van der Waals surface area (Å²) in [6.45, 7) is 0. The van der Waals surface area contributed by atoms with Crippen molar-refractivity contribution < 1.29 is 9.59 Å². The molecular formula is C17H11Br2N3O2S. The van der Waals surface area contributed by atoms with Crippen LogP contribution in [0.5, 0.6) is 0 Å². The largest absolute Gasteiger partial charge is 0.301 e. The molecule has 8 heteroatoms. The average molecular weight is 481 g/mol. The summed E-state index contributed by atoms with van der Waals surface area (Å²) in [5, 5.41) is 2.62. The van der Waals surface area contributed by atoms with Gasteiger partial charge in [0, 0.05) is 15.2 Å². The Kier molecular flexibility index (Phi) is 5.41. The fraction of sp³-hybridized carbons (Fsp3) is 0.0588. The minimum Gasteiger partial charge on any atom is -0.301 e. The van der Waals surface area contributed by atoms with Gasteiger partial charge in [0.15, 0.2) is 11.0 Å². The molecule has 0 radical (unpaired) electrons. The summed E-state index contributed by atoms with van der Waals surface area (Å²) in [5.41, 5.74) is 1.22. The predicted molar refractivity (Wildman–Crippen MR) is 108 cm³/mol. The van der Waals surface area contributed by atoms with Crippen molar-refractivity contribution in [3.63, 3.8) is 0 Å². The van der Waals surface area contributed by atoms with Crippen LogP contribution in [0.2, 0.25) is 0 Å². The minimum absolute atomic E-state index is 0.0597. The third-order valence-corrected chi connectivity index (χ3v) is 4.77. The van der Waals surface area contributed by atoms with E-state index in [1.807, 2.05) is 12.1 Å². The fourth-order valence-electron chi connectivity index (χ4n) is 2.27. The minimum atomic E-state index is -1.05. The maximum Gasteiger partial charge on any atom is 0.251 e. The van der Waals surface area contributed by atoms with E-state index in [4.69, 9.17) is 12.2 Å². The van der Waals surface area contributed by atoms with Crippen LogP contribution in [-0.2, 0) is 9.59 Å². The van der Waals surface area contributed by atoms with E-state index in [1.54, 1.807) is 36.4 Å². The fourth-order valence-corrected chi connectivity index (χ4v) is 3.22. The molecule has 1 N–H and O–H groups in total. The van der Waals surface area contributed by atoms with Gasteiger partial charge in [-0.3, -0.25) is 19.5 Å². The number of nitrogens with zero attached hydrogens (tertiary/aromatic N) is 2. The van der Waals surface area contributed by atoms with Gasteiger partial charge in [-0.2, -0.15) is 0 Å². The van der Waals surface area contributed by atoms with Crippen molar-refractivity contribution in [3.05, 3.63) is 57.5 Å². The standard InChI is InChI=1S/C17H11Br2N3O2S/c18-10-4-6-13(7-5-10)22-16(24)14(15(23)21-17(22)25)9-20-12-3-1-2-11(19)8-12/h1-9,14H,(H,21,23,25)/t14-/m0/s1. The van der Waals surface area contributed by atoms with E-state index in [0.717, 1.165) is 8.95 Å². The van der Waals surface area contributed by atoms with Crippen LogP contribution >= 0.6 is 44.1 Å². The first-order valence-electron chi connectivity index (χ1n) is 7.20. The predicted octanol–water partition coefficient (Wildman–Crippen LogP) is 3.98. The Labute approximate surface area is 166 Å². The molecule has 0 aliphatic carbocycles. The second kappa shape index (κ2) is 7.55. The second-order valence-electron chi connectivity index (χ2n) is 5.18. The number of carbonyl (C=O) groups is 2. The van der Waals surface area contributed by atoms with Gasteiger partial charge in [0.1, 0.15) is 0 Å². The monoisotopic (exact) mass is 479 g/mol. The maximum absolute atomic E-state index is 12.8. The van der Waals surface area contributed by atoms with E-state index in [2.05, 4.69) is 42.2 Å². The number of rotatable bonds is 3. The van der Waals surface area contributed by atoms with Crippen molar-refractivity contribution in [2.75, 3.05) is 4.90 Å². The van der Waals surface area contributed by atoms with E-state index < -0.39 is 17.7 Å². The lowest BCUT2D eigenvalue weighted by Gasteiger charge is -2.30. The topological polar surface area (TPSA) is 61.8 Å². The molecule has 1 fully saturated rings. The Morgan fingerprint density at radius 2 is 1.80 bits per heavy atom. The number of thiocarbonyl (C=S) groups is 1. The molecule has 1 atom stereocenters. The highest BCUT2D eigenvalue weighted by Gasteiger charge is 2.38. The molecule has 0 unspecified atom stereocenters. The quantitative estimate of drug-likeness (QED) is 0.410. The number of hydrogen-bond acceptors (Lipinski definition) is 4. The van der Waals surface area contributed by atoms with Crippen LogP contribution < -0.4 is 10.2 Å². The number of amides is 2. The number of aliphatic imine (C=N–C) groups is 1. The molecular weight excluding hydrogens is 470 g/mol. The summed E-state index contributed by atoms with van der Waals surface area (Å²) in [6.07, 6.45) is 1.34. The molecule has 5 nitrogen and oxygen atoms in total. The number of hydrogen-bond donors (Lipinski definition) is 1. The maximum atomic E-state index is 12.8. The summed E-state index contributed by atoms with van der Waals surface area (Å²) in [7, 11) is 0. The molecule has 1 aliphatic heterocycles. The number of halogens is 2. The van der Waals surface area contributed by atoms with Gasteiger partial charge in [-0.25, -0.2) is 0 Å². The molecule has 0 aromatic heterocycles. The first-order chi connectivity index (χ1) is 12.0. The zero-order valence-electron chi connectivity index (χ0n) is 12.6. The van der Waals surface area contributed by atoms with Gasteiger partial charge in [-0.1, -0.05) is 37.9 Å². The van der Waals surface area contributed by atoms with E-state index in [1.165, 1.54) is 11.1 Å². The van der Waals surface area contributed by atoms with Crippen LogP contribution in [0.15, 0.2) is 62.5 Å². The summed E-state index contributed by atoms with van der Waals surface area (Å²) in [4.78, 5) is 30.5. The Morgan fingerprint density at radius 1 is 1.08 bits per heavy atom. The number of nitrogens with one attached hydrogen (secondary N) is 1. The molecule has 2 aromatic rings. The lowest BCUT2D eigenvalue weighted by molar-refractivity contribution is -0.130. The van der Waals surface area contributed by atoms with Crippen LogP contribution in [0.1, 0.15) is 0 Å². The summed E-state index contributed by atoms with van der Waals surface area (Å²) in [5.74, 6) is -1.97. The Balaban J connectivity index is 1.89. The van der Waals surface area contributed by atoms with Crippen molar-refractivity contribution in [2.24, 2.45) is 10.9 Å². The molecule has 2 aromatic carbocycles. The summed E-state index contributed by atoms with van der Waals surface area (Å²) >= 11 is 11.9. The van der Waals surface area contributed by atoms with Crippen LogP contribution in [0.25, 0.3) is 0 Å². The molecule has 1 aliphatic rings. The van der Waals surface area contributed by atoms with E-state index in [0.29, 0.717) is 11.4 Å². The van der Waals surface area contributed by atoms with Crippen molar-refractivity contribution >= 4 is 78.6 Å². The third kappa shape index (κ3) is 4.02. The van der Waals surface area contributed by atoms with Gasteiger partial charge in [0.05, 0.1) is 11.4 Å². The summed E-state index contributed by atoms with van der Waals surface area (Å²) < 4.78 is 1.74. The molecule has 126 valence electrons. The zero-order valence-corrected chi connectivity index (χ0v) is 16.6. The molecule has 25 heavy (non-hydrogen) atoms. The van der Waals surface area contributed by atoms with Gasteiger partial charge in [-0.15, -0.1) is 0 Å². The molecule has 1 saturated heterocycles. The highest BCUT2D eigenvalue weighted by molar-refractivity contribution is 9.10. The Bertz CT molecular complexity index is 884. The van der Waals surface area contributed by atoms with E-state index in [9.17, 15) is 9.59 Å². The van der Waals surface area contributed by atoms with Gasteiger partial charge >= 0.3 is 0 Å². The third-order valence-electron chi connectivity index (χ3n) is 3.47.